The molecule has 2 amide bonds. The van der Waals surface area contributed by atoms with Crippen LogP contribution in [0.25, 0.3) is 0 Å². The van der Waals surface area contributed by atoms with E-state index in [9.17, 15) is 18.0 Å². The number of sulfonamides is 1. The lowest BCUT2D eigenvalue weighted by Gasteiger charge is -2.40. The largest absolute Gasteiger partial charge is 0.339 e. The molecule has 1 aliphatic carbocycles. The van der Waals surface area contributed by atoms with Gasteiger partial charge in [-0.2, -0.15) is 4.31 Å². The number of rotatable bonds is 3. The van der Waals surface area contributed by atoms with E-state index < -0.39 is 16.1 Å². The minimum Gasteiger partial charge on any atom is -0.339 e. The summed E-state index contributed by atoms with van der Waals surface area (Å²) in [6, 6.07) is -0.569. The van der Waals surface area contributed by atoms with Gasteiger partial charge in [0.15, 0.2) is 0 Å². The maximum Gasteiger partial charge on any atom is 0.241 e. The quantitative estimate of drug-likeness (QED) is 0.730. The fourth-order valence-corrected chi connectivity index (χ4v) is 5.46. The molecule has 8 heteroatoms. The molecular formula is C17H29N3O4S. The maximum absolute atomic E-state index is 12.9. The molecule has 0 N–H and O–H groups in total. The summed E-state index contributed by atoms with van der Waals surface area (Å²) in [5.41, 5.74) is 0. The molecule has 1 saturated carbocycles. The monoisotopic (exact) mass is 371 g/mol. The lowest BCUT2D eigenvalue weighted by atomic mass is 10.0. The number of carbonyl (C=O) groups excluding carboxylic acids is 2. The Bertz CT molecular complexity index is 607. The zero-order valence-electron chi connectivity index (χ0n) is 15.0. The number of piperazine rings is 1. The lowest BCUT2D eigenvalue weighted by Crippen LogP contribution is -2.58. The summed E-state index contributed by atoms with van der Waals surface area (Å²) in [5, 5.41) is 0. The topological polar surface area (TPSA) is 78.0 Å². The predicted molar refractivity (Wildman–Crippen MR) is 94.3 cm³/mol. The second kappa shape index (κ2) is 7.61. The summed E-state index contributed by atoms with van der Waals surface area (Å²) in [7, 11) is -3.37. The summed E-state index contributed by atoms with van der Waals surface area (Å²) >= 11 is 0. The summed E-state index contributed by atoms with van der Waals surface area (Å²) in [4.78, 5) is 29.0. The molecule has 0 aromatic heterocycles. The van der Waals surface area contributed by atoms with Gasteiger partial charge >= 0.3 is 0 Å². The van der Waals surface area contributed by atoms with Crippen molar-refractivity contribution < 1.29 is 18.0 Å². The Morgan fingerprint density at radius 3 is 1.84 bits per heavy atom. The number of nitrogens with zero attached hydrogens (tertiary/aromatic N) is 3. The van der Waals surface area contributed by atoms with Crippen molar-refractivity contribution in [1.29, 1.82) is 0 Å². The fourth-order valence-electron chi connectivity index (χ4n) is 4.34. The number of hydrogen-bond donors (Lipinski definition) is 0. The smallest absolute Gasteiger partial charge is 0.241 e. The van der Waals surface area contributed by atoms with E-state index in [2.05, 4.69) is 0 Å². The summed E-state index contributed by atoms with van der Waals surface area (Å²) in [5.74, 6) is 0.305. The van der Waals surface area contributed by atoms with Crippen LogP contribution in [-0.4, -0.2) is 79.4 Å². The van der Waals surface area contributed by atoms with Crippen LogP contribution in [0.3, 0.4) is 0 Å². The van der Waals surface area contributed by atoms with Gasteiger partial charge in [0, 0.05) is 38.6 Å². The fraction of sp³-hybridized carbons (Fsp3) is 0.882. The molecule has 0 spiro atoms. The highest BCUT2D eigenvalue weighted by Gasteiger charge is 2.38. The third-order valence-electron chi connectivity index (χ3n) is 5.77. The van der Waals surface area contributed by atoms with Gasteiger partial charge in [-0.3, -0.25) is 9.59 Å². The van der Waals surface area contributed by atoms with Gasteiger partial charge in [-0.05, 0) is 25.7 Å². The van der Waals surface area contributed by atoms with Crippen molar-refractivity contribution in [3.63, 3.8) is 0 Å². The molecule has 3 fully saturated rings. The van der Waals surface area contributed by atoms with Crippen molar-refractivity contribution in [2.45, 2.75) is 51.0 Å². The number of carbonyl (C=O) groups is 2. The van der Waals surface area contributed by atoms with Gasteiger partial charge in [-0.25, -0.2) is 8.42 Å². The van der Waals surface area contributed by atoms with Gasteiger partial charge in [-0.1, -0.05) is 19.3 Å². The Balaban J connectivity index is 1.58. The zero-order valence-corrected chi connectivity index (χ0v) is 15.8. The first-order chi connectivity index (χ1) is 11.9. The first kappa shape index (κ1) is 18.6. The molecule has 2 aliphatic heterocycles. The van der Waals surface area contributed by atoms with Crippen LogP contribution in [0.2, 0.25) is 0 Å². The van der Waals surface area contributed by atoms with Crippen LogP contribution in [-0.2, 0) is 19.6 Å². The molecule has 0 aromatic carbocycles. The molecule has 0 radical (unpaired) electrons. The summed E-state index contributed by atoms with van der Waals surface area (Å²) < 4.78 is 25.3. The molecule has 1 atom stereocenters. The molecular weight excluding hydrogens is 342 g/mol. The second-order valence-corrected chi connectivity index (χ2v) is 9.45. The Morgan fingerprint density at radius 2 is 1.28 bits per heavy atom. The highest BCUT2D eigenvalue weighted by atomic mass is 32.2. The normalized spacial score (nSPS) is 26.8. The van der Waals surface area contributed by atoms with Crippen LogP contribution in [0.1, 0.15) is 44.9 Å². The van der Waals surface area contributed by atoms with Crippen molar-refractivity contribution >= 4 is 21.8 Å². The van der Waals surface area contributed by atoms with Crippen LogP contribution in [0, 0.1) is 5.92 Å². The summed E-state index contributed by atoms with van der Waals surface area (Å²) in [6.45, 7) is 2.56. The third kappa shape index (κ3) is 4.16. The van der Waals surface area contributed by atoms with Gasteiger partial charge in [0.2, 0.25) is 21.8 Å². The molecule has 2 heterocycles. The maximum atomic E-state index is 12.9. The predicted octanol–water partition coefficient (Wildman–Crippen LogP) is 0.662. The third-order valence-corrected chi connectivity index (χ3v) is 7.06. The Kier molecular flexibility index (Phi) is 5.68. The second-order valence-electron chi connectivity index (χ2n) is 7.52. The van der Waals surface area contributed by atoms with Crippen LogP contribution in [0.4, 0.5) is 0 Å². The first-order valence-corrected chi connectivity index (χ1v) is 11.3. The first-order valence-electron chi connectivity index (χ1n) is 9.42. The molecule has 1 unspecified atom stereocenters. The molecule has 3 rings (SSSR count). The highest BCUT2D eigenvalue weighted by molar-refractivity contribution is 7.88. The van der Waals surface area contributed by atoms with Gasteiger partial charge in [0.05, 0.1) is 6.26 Å². The molecule has 0 aromatic rings. The van der Waals surface area contributed by atoms with Crippen molar-refractivity contribution in [1.82, 2.24) is 14.1 Å². The van der Waals surface area contributed by atoms with Crippen molar-refractivity contribution in [3.8, 4) is 0 Å². The average molecular weight is 372 g/mol. The van der Waals surface area contributed by atoms with Crippen LogP contribution in [0.5, 0.6) is 0 Å². The van der Waals surface area contributed by atoms with Crippen molar-refractivity contribution in [2.24, 2.45) is 5.92 Å². The number of hydrogen-bond acceptors (Lipinski definition) is 4. The number of amides is 2. The minimum atomic E-state index is -3.37. The molecule has 2 saturated heterocycles. The average Bonchev–Trinajstić information content (AvgIpc) is 3.14. The van der Waals surface area contributed by atoms with E-state index >= 15 is 0 Å². The molecule has 3 aliphatic rings. The van der Waals surface area contributed by atoms with Crippen molar-refractivity contribution in [2.75, 3.05) is 39.0 Å². The van der Waals surface area contributed by atoms with E-state index in [0.29, 0.717) is 39.1 Å². The van der Waals surface area contributed by atoms with E-state index in [1.54, 1.807) is 4.90 Å². The van der Waals surface area contributed by atoms with E-state index in [1.807, 2.05) is 4.90 Å². The Morgan fingerprint density at radius 1 is 0.760 bits per heavy atom. The number of piperidine rings is 1. The van der Waals surface area contributed by atoms with Crippen LogP contribution < -0.4 is 0 Å². The molecule has 142 valence electrons. The Hall–Kier alpha value is -1.15. The minimum absolute atomic E-state index is 0.0990. The SMILES string of the molecule is CS(=O)(=O)N1CCCCC1C(=O)N1CCN(C(=O)C2CCCC2)CC1. The summed E-state index contributed by atoms with van der Waals surface area (Å²) in [6.07, 6.45) is 7.70. The molecule has 0 bridgehead atoms. The van der Waals surface area contributed by atoms with Gasteiger partial charge in [0.1, 0.15) is 6.04 Å². The lowest BCUT2D eigenvalue weighted by molar-refractivity contribution is -0.144. The van der Waals surface area contributed by atoms with Gasteiger partial charge in [-0.15, -0.1) is 0 Å². The zero-order chi connectivity index (χ0) is 18.0. The highest BCUT2D eigenvalue weighted by Crippen LogP contribution is 2.27. The van der Waals surface area contributed by atoms with E-state index in [0.717, 1.165) is 38.5 Å². The van der Waals surface area contributed by atoms with E-state index in [1.165, 1.54) is 10.6 Å². The van der Waals surface area contributed by atoms with E-state index in [-0.39, 0.29) is 17.7 Å². The standard InChI is InChI=1S/C17H29N3O4S/c1-25(23,24)20-9-5-4-8-15(20)17(22)19-12-10-18(11-13-19)16(21)14-6-2-3-7-14/h14-15H,2-13H2,1H3. The van der Waals surface area contributed by atoms with Crippen molar-refractivity contribution in [3.05, 3.63) is 0 Å². The van der Waals surface area contributed by atoms with Crippen LogP contribution >= 0.6 is 0 Å². The van der Waals surface area contributed by atoms with Gasteiger partial charge in [0.25, 0.3) is 0 Å². The van der Waals surface area contributed by atoms with Gasteiger partial charge < -0.3 is 9.80 Å². The Labute approximate surface area is 150 Å². The molecule has 7 nitrogen and oxygen atoms in total. The van der Waals surface area contributed by atoms with Crippen LogP contribution in [0.15, 0.2) is 0 Å². The molecule has 25 heavy (non-hydrogen) atoms. The van der Waals surface area contributed by atoms with E-state index in [4.69, 9.17) is 0 Å².